The third-order valence-corrected chi connectivity index (χ3v) is 3.54. The topological polar surface area (TPSA) is 69.0 Å². The Hall–Kier alpha value is -1.80. The maximum absolute atomic E-state index is 12.0. The highest BCUT2D eigenvalue weighted by Gasteiger charge is 2.36. The second-order valence-electron chi connectivity index (χ2n) is 5.86. The van der Waals surface area contributed by atoms with E-state index in [1.165, 1.54) is 0 Å². The first-order valence-electron chi connectivity index (χ1n) is 6.45. The van der Waals surface area contributed by atoms with Crippen LogP contribution in [0.1, 0.15) is 32.9 Å². The van der Waals surface area contributed by atoms with Crippen molar-refractivity contribution in [3.63, 3.8) is 0 Å². The summed E-state index contributed by atoms with van der Waals surface area (Å²) < 4.78 is 0. The van der Waals surface area contributed by atoms with Crippen molar-refractivity contribution in [2.75, 3.05) is 11.9 Å². The third kappa shape index (κ3) is 3.02. The Balaban J connectivity index is 2.09. The molecule has 1 unspecified atom stereocenters. The number of nitrogens with zero attached hydrogens (tertiary/aromatic N) is 3. The van der Waals surface area contributed by atoms with Crippen LogP contribution in [-0.2, 0) is 4.79 Å². The number of anilines is 1. The van der Waals surface area contributed by atoms with Gasteiger partial charge < -0.3 is 10.2 Å². The number of likely N-dealkylation sites (tertiary alicyclic amines) is 1. The van der Waals surface area contributed by atoms with Gasteiger partial charge in [0.25, 0.3) is 0 Å². The molecule has 1 aliphatic rings. The van der Waals surface area contributed by atoms with Gasteiger partial charge in [0.1, 0.15) is 11.9 Å². The number of hydrogen-bond acceptors (Lipinski definition) is 4. The molecular weight excluding hydrogens is 276 g/mol. The minimum absolute atomic E-state index is 0.00180. The van der Waals surface area contributed by atoms with E-state index in [0.717, 1.165) is 0 Å². The van der Waals surface area contributed by atoms with Crippen LogP contribution < -0.4 is 5.32 Å². The molecule has 20 heavy (non-hydrogen) atoms. The van der Waals surface area contributed by atoms with Gasteiger partial charge in [0.2, 0.25) is 5.91 Å². The van der Waals surface area contributed by atoms with E-state index in [1.54, 1.807) is 12.1 Å². The fraction of sp³-hybridized carbons (Fsp3) is 0.500. The number of carbonyl (C=O) groups excluding carboxylic acids is 1. The highest BCUT2D eigenvalue weighted by atomic mass is 35.5. The van der Waals surface area contributed by atoms with Crippen molar-refractivity contribution in [3.05, 3.63) is 22.8 Å². The van der Waals surface area contributed by atoms with E-state index in [4.69, 9.17) is 16.9 Å². The molecule has 0 bridgehead atoms. The summed E-state index contributed by atoms with van der Waals surface area (Å²) in [4.78, 5) is 18.0. The highest BCUT2D eigenvalue weighted by molar-refractivity contribution is 6.31. The van der Waals surface area contributed by atoms with E-state index in [1.807, 2.05) is 31.7 Å². The number of amides is 1. The van der Waals surface area contributed by atoms with Crippen LogP contribution in [0.5, 0.6) is 0 Å². The number of rotatable bonds is 2. The molecule has 1 atom stereocenters. The summed E-state index contributed by atoms with van der Waals surface area (Å²) in [6.07, 6.45) is 0.434. The first-order valence-corrected chi connectivity index (χ1v) is 6.82. The molecule has 5 nitrogen and oxygen atoms in total. The molecule has 1 aromatic rings. The lowest BCUT2D eigenvalue weighted by atomic mass is 10.1. The zero-order chi connectivity index (χ0) is 14.9. The van der Waals surface area contributed by atoms with Gasteiger partial charge in [-0.1, -0.05) is 11.6 Å². The fourth-order valence-corrected chi connectivity index (χ4v) is 2.41. The molecule has 2 heterocycles. The Morgan fingerprint density at radius 3 is 2.75 bits per heavy atom. The SMILES string of the molecule is CC(C)(C)N1CC(Nc2ccc(Cl)c(C#N)n2)CC1=O. The van der Waals surface area contributed by atoms with Crippen molar-refractivity contribution in [3.8, 4) is 6.07 Å². The van der Waals surface area contributed by atoms with Gasteiger partial charge in [-0.15, -0.1) is 0 Å². The summed E-state index contributed by atoms with van der Waals surface area (Å²) in [6, 6.07) is 5.29. The molecule has 2 rings (SSSR count). The van der Waals surface area contributed by atoms with Crippen molar-refractivity contribution < 1.29 is 4.79 Å². The lowest BCUT2D eigenvalue weighted by Gasteiger charge is -2.32. The smallest absolute Gasteiger partial charge is 0.225 e. The Bertz CT molecular complexity index is 574. The van der Waals surface area contributed by atoms with Gasteiger partial charge in [-0.25, -0.2) is 4.98 Å². The summed E-state index contributed by atoms with van der Waals surface area (Å²) in [5, 5.41) is 12.4. The largest absolute Gasteiger partial charge is 0.365 e. The Labute approximate surface area is 123 Å². The van der Waals surface area contributed by atoms with Gasteiger partial charge in [-0.05, 0) is 32.9 Å². The molecule has 0 saturated carbocycles. The first kappa shape index (κ1) is 14.6. The standard InChI is InChI=1S/C14H17ClN4O/c1-14(2,3)19-8-9(6-13(19)20)17-12-5-4-10(15)11(7-16)18-12/h4-5,9H,6,8H2,1-3H3,(H,17,18). The molecule has 6 heteroatoms. The number of aromatic nitrogens is 1. The van der Waals surface area contributed by atoms with Crippen molar-refractivity contribution in [2.24, 2.45) is 0 Å². The predicted molar refractivity (Wildman–Crippen MR) is 77.5 cm³/mol. The van der Waals surface area contributed by atoms with E-state index in [0.29, 0.717) is 23.8 Å². The molecule has 1 saturated heterocycles. The molecule has 1 aromatic heterocycles. The minimum atomic E-state index is -0.182. The van der Waals surface area contributed by atoms with Crippen LogP contribution in [0.4, 0.5) is 5.82 Å². The molecule has 1 aliphatic heterocycles. The van der Waals surface area contributed by atoms with Crippen molar-refractivity contribution >= 4 is 23.3 Å². The van der Waals surface area contributed by atoms with E-state index < -0.39 is 0 Å². The molecule has 1 N–H and O–H groups in total. The van der Waals surface area contributed by atoms with Crippen LogP contribution in [0.15, 0.2) is 12.1 Å². The lowest BCUT2D eigenvalue weighted by molar-refractivity contribution is -0.131. The van der Waals surface area contributed by atoms with Crippen molar-refractivity contribution in [1.29, 1.82) is 5.26 Å². The summed E-state index contributed by atoms with van der Waals surface area (Å²) in [7, 11) is 0. The van der Waals surface area contributed by atoms with Gasteiger partial charge in [0.05, 0.1) is 11.1 Å². The number of carbonyl (C=O) groups is 1. The molecular formula is C14H17ClN4O. The number of nitrogens with one attached hydrogen (secondary N) is 1. The molecule has 1 fully saturated rings. The number of halogens is 1. The Morgan fingerprint density at radius 2 is 2.20 bits per heavy atom. The van der Waals surface area contributed by atoms with Crippen LogP contribution in [0.3, 0.4) is 0 Å². The average Bonchev–Trinajstić information content (AvgIpc) is 2.72. The second kappa shape index (κ2) is 5.29. The zero-order valence-electron chi connectivity index (χ0n) is 11.8. The number of hydrogen-bond donors (Lipinski definition) is 1. The first-order chi connectivity index (χ1) is 9.31. The van der Waals surface area contributed by atoms with E-state index in [2.05, 4.69) is 10.3 Å². The van der Waals surface area contributed by atoms with Crippen LogP contribution in [0.2, 0.25) is 5.02 Å². The monoisotopic (exact) mass is 292 g/mol. The highest BCUT2D eigenvalue weighted by Crippen LogP contribution is 2.24. The molecule has 0 aromatic carbocycles. The zero-order valence-corrected chi connectivity index (χ0v) is 12.5. The summed E-state index contributed by atoms with van der Waals surface area (Å²) in [6.45, 7) is 6.68. The van der Waals surface area contributed by atoms with Crippen LogP contribution in [0.25, 0.3) is 0 Å². The van der Waals surface area contributed by atoms with Crippen LogP contribution in [0, 0.1) is 11.3 Å². The normalized spacial score (nSPS) is 19.1. The average molecular weight is 293 g/mol. The summed E-state index contributed by atoms with van der Waals surface area (Å²) in [5.74, 6) is 0.698. The quantitative estimate of drug-likeness (QED) is 0.909. The Kier molecular flexibility index (Phi) is 3.87. The van der Waals surface area contributed by atoms with Crippen LogP contribution in [-0.4, -0.2) is 33.9 Å². The van der Waals surface area contributed by atoms with Gasteiger partial charge in [-0.2, -0.15) is 5.26 Å². The molecule has 0 aliphatic carbocycles. The van der Waals surface area contributed by atoms with Crippen LogP contribution >= 0.6 is 11.6 Å². The second-order valence-corrected chi connectivity index (χ2v) is 6.27. The van der Waals surface area contributed by atoms with Crippen molar-refractivity contribution in [1.82, 2.24) is 9.88 Å². The molecule has 106 valence electrons. The summed E-state index contributed by atoms with van der Waals surface area (Å²) in [5.41, 5.74) is 0.00679. The van der Waals surface area contributed by atoms with E-state index in [9.17, 15) is 4.79 Å². The van der Waals surface area contributed by atoms with Gasteiger partial charge in [0.15, 0.2) is 5.69 Å². The minimum Gasteiger partial charge on any atom is -0.365 e. The summed E-state index contributed by atoms with van der Waals surface area (Å²) >= 11 is 5.84. The molecule has 0 radical (unpaired) electrons. The maximum Gasteiger partial charge on any atom is 0.225 e. The third-order valence-electron chi connectivity index (χ3n) is 3.24. The number of pyridine rings is 1. The fourth-order valence-electron chi connectivity index (χ4n) is 2.26. The Morgan fingerprint density at radius 1 is 1.50 bits per heavy atom. The maximum atomic E-state index is 12.0. The van der Waals surface area contributed by atoms with Gasteiger partial charge >= 0.3 is 0 Å². The van der Waals surface area contributed by atoms with E-state index in [-0.39, 0.29) is 23.2 Å². The lowest BCUT2D eigenvalue weighted by Crippen LogP contribution is -2.43. The van der Waals surface area contributed by atoms with Gasteiger partial charge in [0, 0.05) is 18.5 Å². The van der Waals surface area contributed by atoms with E-state index >= 15 is 0 Å². The molecule has 1 amide bonds. The predicted octanol–water partition coefficient (Wildman–Crippen LogP) is 2.42. The van der Waals surface area contributed by atoms with Gasteiger partial charge in [-0.3, -0.25) is 4.79 Å². The molecule has 0 spiro atoms. The number of nitriles is 1. The van der Waals surface area contributed by atoms with Crippen molar-refractivity contribution in [2.45, 2.75) is 38.8 Å².